The third kappa shape index (κ3) is 36.1. The van der Waals surface area contributed by atoms with Crippen molar-refractivity contribution in [2.45, 2.75) is 6.61 Å². The molecule has 0 aliphatic heterocycles. The fourth-order valence-electron chi connectivity index (χ4n) is 3.46. The zero-order chi connectivity index (χ0) is 33.4. The molecule has 0 atom stereocenters. The lowest BCUT2D eigenvalue weighted by atomic mass is 10.2. The summed E-state index contributed by atoms with van der Waals surface area (Å²) in [5, 5.41) is 0. The summed E-state index contributed by atoms with van der Waals surface area (Å²) in [5.74, 6) is 0.497. The van der Waals surface area contributed by atoms with Crippen molar-refractivity contribution in [3.63, 3.8) is 0 Å². The van der Waals surface area contributed by atoms with Crippen LogP contribution in [0.2, 0.25) is 0 Å². The van der Waals surface area contributed by atoms with Crippen molar-refractivity contribution in [1.29, 1.82) is 0 Å². The predicted octanol–water partition coefficient (Wildman–Crippen LogP) is 2.64. The van der Waals surface area contributed by atoms with Gasteiger partial charge in [0.15, 0.2) is 0 Å². The molecule has 0 bridgehead atoms. The SMILES string of the molecule is ClCCOCCOCCOCCOCCOCCOCCOCCOCCOCCOCCOCCOCCOCc1ccccc1. The van der Waals surface area contributed by atoms with Crippen LogP contribution in [0.3, 0.4) is 0 Å². The molecule has 0 aliphatic rings. The number of alkyl halides is 1. The normalized spacial score (nSPS) is 11.5. The van der Waals surface area contributed by atoms with Crippen LogP contribution in [0.25, 0.3) is 0 Å². The zero-order valence-electron chi connectivity index (χ0n) is 28.2. The quantitative estimate of drug-likeness (QED) is 0.0739. The molecule has 0 fully saturated rings. The first kappa shape index (κ1) is 44.0. The summed E-state index contributed by atoms with van der Waals surface area (Å²) in [4.78, 5) is 0. The largest absolute Gasteiger partial charge is 0.378 e. The molecular weight excluding hydrogens is 640 g/mol. The minimum absolute atomic E-state index is 0.497. The van der Waals surface area contributed by atoms with Gasteiger partial charge in [0, 0.05) is 5.88 Å². The average molecular weight is 699 g/mol. The highest BCUT2D eigenvalue weighted by Crippen LogP contribution is 2.00. The molecule has 0 radical (unpaired) electrons. The highest BCUT2D eigenvalue weighted by atomic mass is 35.5. The second-order valence-corrected chi connectivity index (χ2v) is 9.95. The molecule has 0 aromatic heterocycles. The van der Waals surface area contributed by atoms with E-state index >= 15 is 0 Å². The Morgan fingerprint density at radius 3 is 0.723 bits per heavy atom. The summed E-state index contributed by atoms with van der Waals surface area (Å²) in [5.41, 5.74) is 1.16. The molecule has 0 saturated carbocycles. The highest BCUT2D eigenvalue weighted by molar-refractivity contribution is 6.17. The van der Waals surface area contributed by atoms with Gasteiger partial charge in [0.2, 0.25) is 0 Å². The third-order valence-corrected chi connectivity index (χ3v) is 5.95. The van der Waals surface area contributed by atoms with Crippen LogP contribution in [0, 0.1) is 0 Å². The van der Waals surface area contributed by atoms with Crippen molar-refractivity contribution in [3.8, 4) is 0 Å². The lowest BCUT2D eigenvalue weighted by Crippen LogP contribution is -2.15. The molecule has 13 nitrogen and oxygen atoms in total. The summed E-state index contributed by atoms with van der Waals surface area (Å²) >= 11 is 5.51. The minimum Gasteiger partial charge on any atom is -0.378 e. The van der Waals surface area contributed by atoms with E-state index in [4.69, 9.17) is 73.2 Å². The van der Waals surface area contributed by atoms with Gasteiger partial charge in [0.25, 0.3) is 0 Å². The number of hydrogen-bond donors (Lipinski definition) is 0. The molecule has 1 aromatic carbocycles. The van der Waals surface area contributed by atoms with Crippen molar-refractivity contribution in [2.75, 3.05) is 171 Å². The van der Waals surface area contributed by atoms with E-state index in [1.165, 1.54) is 0 Å². The van der Waals surface area contributed by atoms with E-state index in [9.17, 15) is 0 Å². The molecule has 0 amide bonds. The Kier molecular flexibility index (Phi) is 36.9. The average Bonchev–Trinajstić information content (AvgIpc) is 3.09. The van der Waals surface area contributed by atoms with Crippen LogP contribution < -0.4 is 0 Å². The van der Waals surface area contributed by atoms with Crippen LogP contribution in [0.4, 0.5) is 0 Å². The Bertz CT molecular complexity index is 708. The van der Waals surface area contributed by atoms with E-state index in [1.54, 1.807) is 0 Å². The first-order valence-electron chi connectivity index (χ1n) is 16.5. The number of halogens is 1. The van der Waals surface area contributed by atoms with Gasteiger partial charge in [-0.3, -0.25) is 0 Å². The van der Waals surface area contributed by atoms with E-state index in [2.05, 4.69) is 0 Å². The Morgan fingerprint density at radius 2 is 0.489 bits per heavy atom. The van der Waals surface area contributed by atoms with Crippen LogP contribution in [-0.4, -0.2) is 171 Å². The van der Waals surface area contributed by atoms with Crippen molar-refractivity contribution < 1.29 is 61.6 Å². The minimum atomic E-state index is 0.497. The summed E-state index contributed by atoms with van der Waals surface area (Å²) in [7, 11) is 0. The van der Waals surface area contributed by atoms with E-state index < -0.39 is 0 Å². The topological polar surface area (TPSA) is 120 Å². The Hall–Kier alpha value is -1.01. The number of hydrogen-bond acceptors (Lipinski definition) is 13. The lowest BCUT2D eigenvalue weighted by Gasteiger charge is -2.09. The molecule has 0 unspecified atom stereocenters. The fourth-order valence-corrected chi connectivity index (χ4v) is 3.57. The van der Waals surface area contributed by atoms with Crippen molar-refractivity contribution in [2.24, 2.45) is 0 Å². The summed E-state index contributed by atoms with van der Waals surface area (Å²) in [6.07, 6.45) is 0. The first-order valence-corrected chi connectivity index (χ1v) is 17.1. The molecule has 0 aliphatic carbocycles. The van der Waals surface area contributed by atoms with E-state index in [0.29, 0.717) is 178 Å². The van der Waals surface area contributed by atoms with Gasteiger partial charge in [-0.2, -0.15) is 0 Å². The molecule has 0 saturated heterocycles. The van der Waals surface area contributed by atoms with Gasteiger partial charge >= 0.3 is 0 Å². The monoisotopic (exact) mass is 698 g/mol. The Morgan fingerprint density at radius 1 is 0.277 bits per heavy atom. The summed E-state index contributed by atoms with van der Waals surface area (Å²) in [6, 6.07) is 10.1. The molecule has 276 valence electrons. The second-order valence-electron chi connectivity index (χ2n) is 9.58. The van der Waals surface area contributed by atoms with Gasteiger partial charge in [0.05, 0.1) is 172 Å². The van der Waals surface area contributed by atoms with E-state index in [1.807, 2.05) is 30.3 Å². The van der Waals surface area contributed by atoms with Crippen LogP contribution in [0.1, 0.15) is 5.56 Å². The van der Waals surface area contributed by atoms with Crippen LogP contribution in [0.5, 0.6) is 0 Å². The summed E-state index contributed by atoms with van der Waals surface area (Å²) in [6.45, 7) is 13.7. The standard InChI is InChI=1S/C33H59ClO13/c34-6-7-35-8-9-36-10-11-37-12-13-38-14-15-39-16-17-40-18-19-41-20-21-42-22-23-43-24-25-44-26-27-45-28-29-46-30-31-47-32-33-4-2-1-3-5-33/h1-5H,6-32H2. The molecule has 1 rings (SSSR count). The van der Waals surface area contributed by atoms with Crippen molar-refractivity contribution >= 4 is 11.6 Å². The Balaban J connectivity index is 1.60. The molecule has 0 N–H and O–H groups in total. The Labute approximate surface area is 286 Å². The van der Waals surface area contributed by atoms with E-state index in [0.717, 1.165) is 5.56 Å². The second kappa shape index (κ2) is 39.4. The van der Waals surface area contributed by atoms with Gasteiger partial charge < -0.3 is 61.6 Å². The maximum Gasteiger partial charge on any atom is 0.0718 e. The van der Waals surface area contributed by atoms with Gasteiger partial charge in [-0.15, -0.1) is 11.6 Å². The van der Waals surface area contributed by atoms with Gasteiger partial charge in [-0.05, 0) is 5.56 Å². The smallest absolute Gasteiger partial charge is 0.0718 e. The number of ether oxygens (including phenoxy) is 13. The molecule has 1 aromatic rings. The lowest BCUT2D eigenvalue weighted by molar-refractivity contribution is -0.0291. The third-order valence-electron chi connectivity index (χ3n) is 5.80. The number of benzene rings is 1. The molecule has 0 spiro atoms. The van der Waals surface area contributed by atoms with Gasteiger partial charge in [-0.25, -0.2) is 0 Å². The van der Waals surface area contributed by atoms with Crippen molar-refractivity contribution in [1.82, 2.24) is 0 Å². The molecular formula is C33H59ClO13. The maximum absolute atomic E-state index is 5.57. The molecule has 47 heavy (non-hydrogen) atoms. The first-order chi connectivity index (χ1) is 23.4. The summed E-state index contributed by atoms with van der Waals surface area (Å²) < 4.78 is 70.9. The molecule has 14 heteroatoms. The van der Waals surface area contributed by atoms with Crippen LogP contribution in [-0.2, 0) is 68.2 Å². The zero-order valence-corrected chi connectivity index (χ0v) is 28.9. The number of rotatable bonds is 40. The highest BCUT2D eigenvalue weighted by Gasteiger charge is 1.97. The predicted molar refractivity (Wildman–Crippen MR) is 177 cm³/mol. The van der Waals surface area contributed by atoms with E-state index in [-0.39, 0.29) is 0 Å². The van der Waals surface area contributed by atoms with Crippen molar-refractivity contribution in [3.05, 3.63) is 35.9 Å². The van der Waals surface area contributed by atoms with Crippen LogP contribution >= 0.6 is 11.6 Å². The van der Waals surface area contributed by atoms with Gasteiger partial charge in [-0.1, -0.05) is 30.3 Å². The van der Waals surface area contributed by atoms with Gasteiger partial charge in [0.1, 0.15) is 0 Å². The molecule has 0 heterocycles. The fraction of sp³-hybridized carbons (Fsp3) is 0.818. The van der Waals surface area contributed by atoms with Crippen LogP contribution in [0.15, 0.2) is 30.3 Å². The maximum atomic E-state index is 5.57.